The van der Waals surface area contributed by atoms with Crippen LogP contribution in [0.5, 0.6) is 0 Å². The number of esters is 1. The maximum absolute atomic E-state index is 12.5. The molecule has 1 atom stereocenters. The summed E-state index contributed by atoms with van der Waals surface area (Å²) in [6.45, 7) is 3.52. The average Bonchev–Trinajstić information content (AvgIpc) is 3.37. The van der Waals surface area contributed by atoms with E-state index >= 15 is 0 Å². The predicted octanol–water partition coefficient (Wildman–Crippen LogP) is 3.08. The minimum absolute atomic E-state index is 0.0204. The summed E-state index contributed by atoms with van der Waals surface area (Å²) in [5.74, 6) is -0.720. The zero-order valence-corrected chi connectivity index (χ0v) is 18.6. The zero-order chi connectivity index (χ0) is 21.7. The summed E-state index contributed by atoms with van der Waals surface area (Å²) < 4.78 is 31.4. The van der Waals surface area contributed by atoms with Crippen LogP contribution in [0.15, 0.2) is 35.7 Å². The van der Waals surface area contributed by atoms with Crippen molar-refractivity contribution in [2.24, 2.45) is 0 Å². The van der Waals surface area contributed by atoms with Gasteiger partial charge in [0.1, 0.15) is 12.6 Å². The van der Waals surface area contributed by atoms with Gasteiger partial charge in [-0.1, -0.05) is 25.1 Å². The van der Waals surface area contributed by atoms with E-state index in [4.69, 9.17) is 4.74 Å². The number of thiazole rings is 1. The molecule has 0 bridgehead atoms. The van der Waals surface area contributed by atoms with Crippen LogP contribution >= 0.6 is 11.3 Å². The van der Waals surface area contributed by atoms with Crippen LogP contribution in [0.4, 0.5) is 10.8 Å². The monoisotopic (exact) mass is 451 g/mol. The molecular formula is C20H25N3O5S2. The lowest BCUT2D eigenvalue weighted by atomic mass is 10.2. The van der Waals surface area contributed by atoms with Crippen LogP contribution < -0.4 is 4.90 Å². The molecular weight excluding hydrogens is 426 g/mol. The number of anilines is 2. The van der Waals surface area contributed by atoms with E-state index in [1.165, 1.54) is 27.5 Å². The molecule has 1 fully saturated rings. The number of carbonyl (C=O) groups is 2. The number of aromatic nitrogens is 1. The lowest BCUT2D eigenvalue weighted by Crippen LogP contribution is -2.42. The van der Waals surface area contributed by atoms with E-state index in [1.807, 2.05) is 30.3 Å². The standard InChI is InChI=1S/C20H25N3O5S2/c1-3-12-30(26,27)22-11-7-10-18(22)19(25)28-13-16-14-29-20(21-16)23(15(2)24)17-8-5-4-6-9-17/h4-6,8-9,14,18H,3,7,10-13H2,1-2H3. The average molecular weight is 452 g/mol. The fourth-order valence-corrected chi connectivity index (χ4v) is 6.00. The van der Waals surface area contributed by atoms with Gasteiger partial charge in [-0.15, -0.1) is 11.3 Å². The quantitative estimate of drug-likeness (QED) is 0.572. The fourth-order valence-electron chi connectivity index (χ4n) is 3.39. The van der Waals surface area contributed by atoms with Crippen LogP contribution in [0.3, 0.4) is 0 Å². The van der Waals surface area contributed by atoms with E-state index < -0.39 is 22.0 Å². The van der Waals surface area contributed by atoms with Crippen LogP contribution in [-0.4, -0.2) is 47.9 Å². The van der Waals surface area contributed by atoms with Crippen LogP contribution in [0.2, 0.25) is 0 Å². The molecule has 8 nitrogen and oxygen atoms in total. The van der Waals surface area contributed by atoms with Crippen LogP contribution in [0, 0.1) is 0 Å². The number of benzene rings is 1. The number of nitrogens with zero attached hydrogens (tertiary/aromatic N) is 3. The Bertz CT molecular complexity index is 991. The molecule has 1 unspecified atom stereocenters. The summed E-state index contributed by atoms with van der Waals surface area (Å²) in [4.78, 5) is 30.6. The van der Waals surface area contributed by atoms with Gasteiger partial charge in [-0.25, -0.2) is 13.4 Å². The maximum Gasteiger partial charge on any atom is 0.324 e. The van der Waals surface area contributed by atoms with Gasteiger partial charge in [0.2, 0.25) is 15.9 Å². The largest absolute Gasteiger partial charge is 0.458 e. The van der Waals surface area contributed by atoms with Gasteiger partial charge in [-0.3, -0.25) is 14.5 Å². The first-order valence-electron chi connectivity index (χ1n) is 9.79. The Balaban J connectivity index is 1.66. The highest BCUT2D eigenvalue weighted by molar-refractivity contribution is 7.89. The number of carbonyl (C=O) groups excluding carboxylic acids is 2. The van der Waals surface area contributed by atoms with Crippen molar-refractivity contribution in [1.29, 1.82) is 0 Å². The van der Waals surface area contributed by atoms with Crippen molar-refractivity contribution in [2.45, 2.75) is 45.8 Å². The number of ether oxygens (including phenoxy) is 1. The Hall–Kier alpha value is -2.30. The van der Waals surface area contributed by atoms with Crippen molar-refractivity contribution in [3.8, 4) is 0 Å². The van der Waals surface area contributed by atoms with Crippen LogP contribution in [0.1, 0.15) is 38.8 Å². The molecule has 1 aromatic carbocycles. The molecule has 1 aliphatic rings. The van der Waals surface area contributed by atoms with Gasteiger partial charge >= 0.3 is 5.97 Å². The molecule has 162 valence electrons. The second kappa shape index (κ2) is 9.67. The molecule has 1 aliphatic heterocycles. The normalized spacial score (nSPS) is 17.1. The molecule has 1 amide bonds. The molecule has 1 saturated heterocycles. The smallest absolute Gasteiger partial charge is 0.324 e. The molecule has 0 radical (unpaired) electrons. The third kappa shape index (κ3) is 5.05. The Kier molecular flexibility index (Phi) is 7.22. The molecule has 0 N–H and O–H groups in total. The summed E-state index contributed by atoms with van der Waals surface area (Å²) >= 11 is 1.27. The second-order valence-corrected chi connectivity index (χ2v) is 9.88. The van der Waals surface area contributed by atoms with E-state index in [2.05, 4.69) is 4.98 Å². The number of hydrogen-bond acceptors (Lipinski definition) is 7. The van der Waals surface area contributed by atoms with Gasteiger partial charge in [-0.2, -0.15) is 4.31 Å². The summed E-state index contributed by atoms with van der Waals surface area (Å²) in [5, 5.41) is 2.20. The van der Waals surface area contributed by atoms with Crippen LogP contribution in [0.25, 0.3) is 0 Å². The Labute approximate surface area is 180 Å². The minimum Gasteiger partial charge on any atom is -0.458 e. The Morgan fingerprint density at radius 3 is 2.70 bits per heavy atom. The minimum atomic E-state index is -3.46. The molecule has 0 spiro atoms. The topological polar surface area (TPSA) is 96.9 Å². The van der Waals surface area contributed by atoms with Gasteiger partial charge in [0.15, 0.2) is 5.13 Å². The van der Waals surface area contributed by atoms with Crippen molar-refractivity contribution >= 4 is 44.1 Å². The Morgan fingerprint density at radius 2 is 2.03 bits per heavy atom. The third-order valence-electron chi connectivity index (χ3n) is 4.72. The van der Waals surface area contributed by atoms with E-state index in [-0.39, 0.29) is 18.3 Å². The van der Waals surface area contributed by atoms with Crippen LogP contribution in [-0.2, 0) is 31.0 Å². The van der Waals surface area contributed by atoms with Crippen molar-refractivity contribution < 1.29 is 22.7 Å². The van der Waals surface area contributed by atoms with Gasteiger partial charge in [0, 0.05) is 18.8 Å². The van der Waals surface area contributed by atoms with Gasteiger partial charge in [0.05, 0.1) is 17.1 Å². The predicted molar refractivity (Wildman–Crippen MR) is 115 cm³/mol. The highest BCUT2D eigenvalue weighted by Gasteiger charge is 2.39. The van der Waals surface area contributed by atoms with E-state index in [0.717, 1.165) is 0 Å². The zero-order valence-electron chi connectivity index (χ0n) is 17.0. The number of rotatable bonds is 8. The van der Waals surface area contributed by atoms with Crippen molar-refractivity contribution in [3.63, 3.8) is 0 Å². The number of hydrogen-bond donors (Lipinski definition) is 0. The van der Waals surface area contributed by atoms with Gasteiger partial charge < -0.3 is 4.74 Å². The van der Waals surface area contributed by atoms with Crippen molar-refractivity contribution in [2.75, 3.05) is 17.2 Å². The van der Waals surface area contributed by atoms with E-state index in [0.29, 0.717) is 42.3 Å². The first-order valence-corrected chi connectivity index (χ1v) is 12.3. The summed E-state index contributed by atoms with van der Waals surface area (Å²) in [6.07, 6.45) is 1.58. The SMILES string of the molecule is CCCS(=O)(=O)N1CCCC1C(=O)OCc1csc(N(C(C)=O)c2ccccc2)n1. The van der Waals surface area contributed by atoms with Crippen molar-refractivity contribution in [1.82, 2.24) is 9.29 Å². The first kappa shape index (κ1) is 22.4. The van der Waals surface area contributed by atoms with Crippen molar-refractivity contribution in [3.05, 3.63) is 41.4 Å². The Morgan fingerprint density at radius 1 is 1.30 bits per heavy atom. The third-order valence-corrected chi connectivity index (χ3v) is 7.67. The molecule has 30 heavy (non-hydrogen) atoms. The number of amides is 1. The molecule has 0 aliphatic carbocycles. The molecule has 0 saturated carbocycles. The summed E-state index contributed by atoms with van der Waals surface area (Å²) in [5.41, 5.74) is 1.21. The lowest BCUT2D eigenvalue weighted by molar-refractivity contribution is -0.148. The van der Waals surface area contributed by atoms with E-state index in [1.54, 1.807) is 12.3 Å². The molecule has 2 heterocycles. The van der Waals surface area contributed by atoms with Gasteiger partial charge in [-0.05, 0) is 31.4 Å². The highest BCUT2D eigenvalue weighted by Crippen LogP contribution is 2.29. The molecule has 2 aromatic rings. The second-order valence-electron chi connectivity index (χ2n) is 7.00. The maximum atomic E-state index is 12.5. The van der Waals surface area contributed by atoms with E-state index in [9.17, 15) is 18.0 Å². The highest BCUT2D eigenvalue weighted by atomic mass is 32.2. The summed E-state index contributed by atoms with van der Waals surface area (Å²) in [6, 6.07) is 8.38. The molecule has 1 aromatic heterocycles. The number of para-hydroxylation sites is 1. The molecule has 3 rings (SSSR count). The summed E-state index contributed by atoms with van der Waals surface area (Å²) in [7, 11) is -3.46. The number of sulfonamides is 1. The lowest BCUT2D eigenvalue weighted by Gasteiger charge is -2.22. The first-order chi connectivity index (χ1) is 14.3. The fraction of sp³-hybridized carbons (Fsp3) is 0.450. The van der Waals surface area contributed by atoms with Gasteiger partial charge in [0.25, 0.3) is 0 Å². The molecule has 10 heteroatoms.